The second-order valence-electron chi connectivity index (χ2n) is 35.5. The van der Waals surface area contributed by atoms with E-state index >= 15 is 0 Å². The van der Waals surface area contributed by atoms with Gasteiger partial charge in [0.2, 0.25) is 0 Å². The fourth-order valence-corrected chi connectivity index (χ4v) is 6.96. The quantitative estimate of drug-likeness (QED) is 0.0245. The number of hydrogen-bond acceptors (Lipinski definition) is 14. The third-order valence-corrected chi connectivity index (χ3v) is 13.6. The molecule has 650 valence electrons. The molecule has 0 saturated heterocycles. The molecular formula is C95H162N6O14+6. The molecule has 0 aliphatic rings. The summed E-state index contributed by atoms with van der Waals surface area (Å²) in [7, 11) is 37.0. The Morgan fingerprint density at radius 1 is 0.261 bits per heavy atom. The molecule has 0 amide bonds. The van der Waals surface area contributed by atoms with Crippen LogP contribution in [0.15, 0.2) is 182 Å². The van der Waals surface area contributed by atoms with Gasteiger partial charge in [-0.2, -0.15) is 0 Å². The number of benzene rings is 6. The van der Waals surface area contributed by atoms with Crippen LogP contribution in [0.3, 0.4) is 0 Å². The predicted octanol–water partition coefficient (Wildman–Crippen LogP) is 18.0. The number of rotatable bonds is 29. The van der Waals surface area contributed by atoms with Gasteiger partial charge in [-0.3, -0.25) is 0 Å². The maximum atomic E-state index is 11.5. The fraction of sp³-hybridized carbons (Fsp3) is 0.547. The zero-order chi connectivity index (χ0) is 89.2. The minimum absolute atomic E-state index is 0.246. The molecule has 115 heavy (non-hydrogen) atoms. The summed E-state index contributed by atoms with van der Waals surface area (Å²) < 4.78 is 40.2. The van der Waals surface area contributed by atoms with Crippen molar-refractivity contribution in [1.29, 1.82) is 0 Å². The topological polar surface area (TPSA) is 184 Å². The van der Waals surface area contributed by atoms with Crippen LogP contribution in [0.4, 0.5) is 0 Å². The summed E-state index contributed by atoms with van der Waals surface area (Å²) >= 11 is 0. The molecule has 0 saturated carbocycles. The van der Waals surface area contributed by atoms with Crippen molar-refractivity contribution in [2.24, 2.45) is 11.3 Å². The van der Waals surface area contributed by atoms with Gasteiger partial charge in [0.05, 0.1) is 160 Å². The van der Waals surface area contributed by atoms with Crippen molar-refractivity contribution in [3.8, 4) is 0 Å². The maximum absolute atomic E-state index is 11.5. The molecule has 0 radical (unpaired) electrons. The summed E-state index contributed by atoms with van der Waals surface area (Å²) in [6.07, 6.45) is 7.97. The molecule has 0 aliphatic heterocycles. The number of hydrogen-bond donors (Lipinski definition) is 0. The summed E-state index contributed by atoms with van der Waals surface area (Å²) in [5.74, 6) is -1.45. The Kier molecular flexibility index (Phi) is 66.5. The van der Waals surface area contributed by atoms with Gasteiger partial charge in [0.25, 0.3) is 0 Å². The lowest BCUT2D eigenvalue weighted by Crippen LogP contribution is -2.38. The fourth-order valence-electron chi connectivity index (χ4n) is 6.96. The second kappa shape index (κ2) is 66.5. The molecule has 0 aliphatic carbocycles. The molecule has 0 atom stereocenters. The van der Waals surface area contributed by atoms with Crippen LogP contribution in [-0.4, -0.2) is 281 Å². The van der Waals surface area contributed by atoms with Gasteiger partial charge in [0.1, 0.15) is 78.9 Å². The number of quaternary nitrogens is 6. The first-order chi connectivity index (χ1) is 53.3. The third-order valence-electron chi connectivity index (χ3n) is 13.6. The summed E-state index contributed by atoms with van der Waals surface area (Å²) in [5.41, 5.74) is 3.97. The van der Waals surface area contributed by atoms with Crippen LogP contribution in [0.1, 0.15) is 191 Å². The molecule has 6 aromatic rings. The summed E-state index contributed by atoms with van der Waals surface area (Å²) in [4.78, 5) is 80.4. The number of esters is 7. The molecule has 0 spiro atoms. The van der Waals surface area contributed by atoms with E-state index < -0.39 is 11.9 Å². The third kappa shape index (κ3) is 87.6. The van der Waals surface area contributed by atoms with Crippen molar-refractivity contribution in [3.05, 3.63) is 215 Å². The maximum Gasteiger partial charge on any atom is 0.344 e. The molecule has 0 aromatic heterocycles. The molecule has 0 heterocycles. The van der Waals surface area contributed by atoms with Crippen LogP contribution in [0.5, 0.6) is 0 Å². The Morgan fingerprint density at radius 3 is 0.522 bits per heavy atom. The van der Waals surface area contributed by atoms with Crippen LogP contribution in [-0.2, 0) is 38.0 Å². The van der Waals surface area contributed by atoms with E-state index in [0.29, 0.717) is 89.5 Å². The van der Waals surface area contributed by atoms with Crippen LogP contribution in [0, 0.1) is 11.3 Å². The molecule has 20 nitrogen and oxygen atoms in total. The van der Waals surface area contributed by atoms with E-state index in [-0.39, 0.29) is 36.5 Å². The lowest BCUT2D eigenvalue weighted by Gasteiger charge is -2.23. The van der Waals surface area contributed by atoms with Gasteiger partial charge in [-0.25, -0.2) is 33.6 Å². The van der Waals surface area contributed by atoms with Crippen molar-refractivity contribution in [2.45, 2.75) is 129 Å². The number of ether oxygens (including phenoxy) is 7. The van der Waals surface area contributed by atoms with E-state index in [0.717, 1.165) is 61.1 Å². The minimum atomic E-state index is -0.530. The normalized spacial score (nSPS) is 10.7. The number of carbonyl (C=O) groups is 7. The highest BCUT2D eigenvalue weighted by atomic mass is 16.6. The first-order valence-corrected chi connectivity index (χ1v) is 40.6. The van der Waals surface area contributed by atoms with Crippen LogP contribution >= 0.6 is 0 Å². The smallest absolute Gasteiger partial charge is 0.344 e. The standard InChI is InChI=1S/C14H20NO4.5C12H18NO2.2C5H12.2C4H10.C3H8/c1-15(2,3)9-10-18-13(16)11-19-14(17)12-7-5-4-6-8-12;5*1-13(2,3)9-10-15-12(14)11-7-5-4-6-8-11;1-5(2,3)4;1-3-5-4-2;1-4(2)3;1-3-4-2;1-3-2/h4-8H,9-11H2,1-3H3;5*4-8H,9-10H2,1-3H3;1-4H3;3-5H2,1-2H3;4H,1-3H3;3-4H2,1-2H3;3H2,1-2H3/q6*+1;;;;;. The van der Waals surface area contributed by atoms with Crippen molar-refractivity contribution in [1.82, 2.24) is 0 Å². The van der Waals surface area contributed by atoms with E-state index in [2.05, 4.69) is 196 Å². The van der Waals surface area contributed by atoms with E-state index in [9.17, 15) is 33.6 Å². The van der Waals surface area contributed by atoms with E-state index in [1.165, 1.54) is 38.5 Å². The Bertz CT molecular complexity index is 2950. The Balaban J connectivity index is -0.000000401. The summed E-state index contributed by atoms with van der Waals surface area (Å²) in [5, 5.41) is 0. The highest BCUT2D eigenvalue weighted by Gasteiger charge is 2.17. The van der Waals surface area contributed by atoms with Gasteiger partial charge in [-0.15, -0.1) is 0 Å². The monoisotopic (exact) mass is 1610 g/mol. The zero-order valence-electron chi connectivity index (χ0n) is 77.7. The van der Waals surface area contributed by atoms with E-state index in [4.69, 9.17) is 33.2 Å². The number of likely N-dealkylation sites (N-methyl/N-ethyl adjacent to an activating group) is 6. The molecule has 0 N–H and O–H groups in total. The Hall–Kier alpha value is -8.63. The number of unbranched alkanes of at least 4 members (excludes halogenated alkanes) is 3. The lowest BCUT2D eigenvalue weighted by molar-refractivity contribution is -0.870. The average Bonchev–Trinajstić information content (AvgIpc) is 0.935. The number of carbonyl (C=O) groups excluding carboxylic acids is 7. The first-order valence-electron chi connectivity index (χ1n) is 40.6. The Labute approximate surface area is 699 Å². The second-order valence-corrected chi connectivity index (χ2v) is 35.5. The molecule has 6 aromatic carbocycles. The van der Waals surface area contributed by atoms with Crippen LogP contribution in [0.2, 0.25) is 0 Å². The average molecular weight is 1610 g/mol. The lowest BCUT2D eigenvalue weighted by atomic mass is 10.0. The van der Waals surface area contributed by atoms with E-state index in [1.807, 2.05) is 112 Å². The molecular weight excluding hydrogens is 1450 g/mol. The van der Waals surface area contributed by atoms with Gasteiger partial charge in [-0.1, -0.05) is 238 Å². The molecule has 0 bridgehead atoms. The largest absolute Gasteiger partial charge is 0.457 e. The molecule has 0 fully saturated rings. The molecule has 20 heteroatoms. The molecule has 0 unspecified atom stereocenters. The van der Waals surface area contributed by atoms with Gasteiger partial charge in [0.15, 0.2) is 6.61 Å². The Morgan fingerprint density at radius 2 is 0.400 bits per heavy atom. The summed E-state index contributed by atoms with van der Waals surface area (Å²) in [6, 6.07) is 53.8. The van der Waals surface area contributed by atoms with Gasteiger partial charge >= 0.3 is 41.8 Å². The SMILES string of the molecule is CC(C)(C)C.CC(C)C.CCC.CCCC.CCCCC.C[N+](C)(C)CCOC(=O)COC(=O)c1ccccc1.C[N+](C)(C)CCOC(=O)c1ccccc1.C[N+](C)(C)CCOC(=O)c1ccccc1.C[N+](C)(C)CCOC(=O)c1ccccc1.C[N+](C)(C)CCOC(=O)c1ccccc1.C[N+](C)(C)CCOC(=O)c1ccccc1. The van der Waals surface area contributed by atoms with Gasteiger partial charge in [0, 0.05) is 0 Å². The van der Waals surface area contributed by atoms with Crippen molar-refractivity contribution < 1.29 is 93.6 Å². The van der Waals surface area contributed by atoms with Crippen molar-refractivity contribution >= 4 is 41.8 Å². The number of nitrogens with zero attached hydrogens (tertiary/aromatic N) is 6. The highest BCUT2D eigenvalue weighted by molar-refractivity contribution is 5.92. The minimum Gasteiger partial charge on any atom is -0.457 e. The predicted molar refractivity (Wildman–Crippen MR) is 476 cm³/mol. The zero-order valence-corrected chi connectivity index (χ0v) is 77.7. The molecule has 6 rings (SSSR count). The van der Waals surface area contributed by atoms with Crippen molar-refractivity contribution in [3.63, 3.8) is 0 Å². The van der Waals surface area contributed by atoms with Crippen molar-refractivity contribution in [2.75, 3.05) is 212 Å². The van der Waals surface area contributed by atoms with E-state index in [1.54, 1.807) is 91.0 Å². The van der Waals surface area contributed by atoms with Gasteiger partial charge < -0.3 is 60.1 Å². The highest BCUT2D eigenvalue weighted by Crippen LogP contribution is 2.10. The van der Waals surface area contributed by atoms with Crippen LogP contribution in [0.25, 0.3) is 0 Å². The van der Waals surface area contributed by atoms with Gasteiger partial charge in [-0.05, 0) is 84.1 Å². The van der Waals surface area contributed by atoms with Crippen LogP contribution < -0.4 is 0 Å². The summed E-state index contributed by atoms with van der Waals surface area (Å²) in [6.45, 7) is 35.3. The first kappa shape index (κ1) is 115.